The van der Waals surface area contributed by atoms with Crippen molar-refractivity contribution in [3.8, 4) is 0 Å². The molecule has 7 heteroatoms. The highest BCUT2D eigenvalue weighted by molar-refractivity contribution is 9.10. The predicted molar refractivity (Wildman–Crippen MR) is 86.4 cm³/mol. The second kappa shape index (κ2) is 6.45. The molecule has 0 unspecified atom stereocenters. The standard InChI is InChI=1S/C13H10BrCl2N3O/c14-10-3-2-8(6-11(10)16)18-13(20)9-5-7(15)1-4-12(9)19-17/h1-6,19H,17H2,(H,18,20). The Balaban J connectivity index is 2.27. The van der Waals surface area contributed by atoms with Crippen molar-refractivity contribution in [2.75, 3.05) is 10.7 Å². The molecule has 2 rings (SSSR count). The van der Waals surface area contributed by atoms with E-state index in [2.05, 4.69) is 26.7 Å². The molecule has 0 radical (unpaired) electrons. The molecule has 20 heavy (non-hydrogen) atoms. The van der Waals surface area contributed by atoms with Crippen LogP contribution in [0.15, 0.2) is 40.9 Å². The number of nitrogen functional groups attached to an aromatic ring is 1. The molecule has 0 atom stereocenters. The molecule has 0 aromatic heterocycles. The zero-order valence-electron chi connectivity index (χ0n) is 10.1. The van der Waals surface area contributed by atoms with Gasteiger partial charge in [0.05, 0.1) is 16.3 Å². The predicted octanol–water partition coefficient (Wildman–Crippen LogP) is 4.29. The Kier molecular flexibility index (Phi) is 4.88. The first-order chi connectivity index (χ1) is 9.51. The van der Waals surface area contributed by atoms with Gasteiger partial charge in [0.2, 0.25) is 0 Å². The lowest BCUT2D eigenvalue weighted by atomic mass is 10.1. The lowest BCUT2D eigenvalue weighted by molar-refractivity contribution is 0.102. The Morgan fingerprint density at radius 2 is 1.90 bits per heavy atom. The maximum Gasteiger partial charge on any atom is 0.257 e. The van der Waals surface area contributed by atoms with Crippen molar-refractivity contribution < 1.29 is 4.79 Å². The van der Waals surface area contributed by atoms with Crippen LogP contribution < -0.4 is 16.6 Å². The van der Waals surface area contributed by atoms with Crippen molar-refractivity contribution in [3.05, 3.63) is 56.5 Å². The number of hydrogen-bond acceptors (Lipinski definition) is 3. The number of halogens is 3. The van der Waals surface area contributed by atoms with Gasteiger partial charge in [-0.3, -0.25) is 10.6 Å². The summed E-state index contributed by atoms with van der Waals surface area (Å²) in [6.45, 7) is 0. The average Bonchev–Trinajstić information content (AvgIpc) is 2.43. The fraction of sp³-hybridized carbons (Fsp3) is 0. The molecule has 104 valence electrons. The minimum atomic E-state index is -0.334. The quantitative estimate of drug-likeness (QED) is 0.554. The molecule has 0 saturated carbocycles. The van der Waals surface area contributed by atoms with Crippen LogP contribution in [0.25, 0.3) is 0 Å². The number of benzene rings is 2. The summed E-state index contributed by atoms with van der Waals surface area (Å²) in [5.41, 5.74) is 3.86. The number of carbonyl (C=O) groups excluding carboxylic acids is 1. The third kappa shape index (κ3) is 3.43. The van der Waals surface area contributed by atoms with Gasteiger partial charge in [-0.05, 0) is 52.3 Å². The van der Waals surface area contributed by atoms with Gasteiger partial charge in [0.1, 0.15) is 0 Å². The number of rotatable bonds is 3. The molecule has 4 N–H and O–H groups in total. The monoisotopic (exact) mass is 373 g/mol. The van der Waals surface area contributed by atoms with E-state index in [0.717, 1.165) is 4.47 Å². The van der Waals surface area contributed by atoms with Gasteiger partial charge in [-0.25, -0.2) is 0 Å². The Labute approximate surface area is 134 Å². The summed E-state index contributed by atoms with van der Waals surface area (Å²) >= 11 is 15.2. The SMILES string of the molecule is NNc1ccc(Cl)cc1C(=O)Nc1ccc(Br)c(Cl)c1. The van der Waals surface area contributed by atoms with Crippen molar-refractivity contribution in [1.29, 1.82) is 0 Å². The van der Waals surface area contributed by atoms with Crippen LogP contribution >= 0.6 is 39.1 Å². The van der Waals surface area contributed by atoms with E-state index in [1.54, 1.807) is 30.3 Å². The largest absolute Gasteiger partial charge is 0.323 e. The van der Waals surface area contributed by atoms with Crippen molar-refractivity contribution in [2.24, 2.45) is 5.84 Å². The van der Waals surface area contributed by atoms with E-state index in [1.807, 2.05) is 0 Å². The molecular weight excluding hydrogens is 365 g/mol. The van der Waals surface area contributed by atoms with Gasteiger partial charge in [0.25, 0.3) is 5.91 Å². The van der Waals surface area contributed by atoms with Gasteiger partial charge in [-0.15, -0.1) is 0 Å². The minimum Gasteiger partial charge on any atom is -0.323 e. The molecule has 0 heterocycles. The Hall–Kier alpha value is -1.27. The molecule has 0 bridgehead atoms. The molecule has 1 amide bonds. The van der Waals surface area contributed by atoms with Gasteiger partial charge in [-0.1, -0.05) is 23.2 Å². The number of hydrazine groups is 1. The number of nitrogens with two attached hydrogens (primary N) is 1. The summed E-state index contributed by atoms with van der Waals surface area (Å²) < 4.78 is 0.754. The van der Waals surface area contributed by atoms with Crippen LogP contribution in [0.3, 0.4) is 0 Å². The van der Waals surface area contributed by atoms with E-state index >= 15 is 0 Å². The zero-order valence-corrected chi connectivity index (χ0v) is 13.2. The normalized spacial score (nSPS) is 10.2. The van der Waals surface area contributed by atoms with Gasteiger partial charge in [-0.2, -0.15) is 0 Å². The molecule has 0 aliphatic heterocycles. The third-order valence-corrected chi connectivity index (χ3v) is 4.03. The molecule has 4 nitrogen and oxygen atoms in total. The molecule has 0 spiro atoms. The zero-order chi connectivity index (χ0) is 14.7. The van der Waals surface area contributed by atoms with Crippen LogP contribution in [0, 0.1) is 0 Å². The molecule has 0 fully saturated rings. The number of anilines is 2. The lowest BCUT2D eigenvalue weighted by Crippen LogP contribution is -2.17. The first-order valence-corrected chi connectivity index (χ1v) is 7.08. The number of amides is 1. The first kappa shape index (κ1) is 15.1. The summed E-state index contributed by atoms with van der Waals surface area (Å²) in [7, 11) is 0. The summed E-state index contributed by atoms with van der Waals surface area (Å²) in [5, 5.41) is 3.68. The average molecular weight is 375 g/mol. The highest BCUT2D eigenvalue weighted by Gasteiger charge is 2.12. The van der Waals surface area contributed by atoms with Gasteiger partial charge < -0.3 is 10.7 Å². The number of hydrogen-bond donors (Lipinski definition) is 3. The summed E-state index contributed by atoms with van der Waals surface area (Å²) in [6.07, 6.45) is 0. The van der Waals surface area contributed by atoms with Crippen LogP contribution in [0.1, 0.15) is 10.4 Å². The smallest absolute Gasteiger partial charge is 0.257 e. The molecule has 0 saturated heterocycles. The molecule has 2 aromatic carbocycles. The van der Waals surface area contributed by atoms with Gasteiger partial charge >= 0.3 is 0 Å². The molecule has 2 aromatic rings. The molecule has 0 aliphatic rings. The first-order valence-electron chi connectivity index (χ1n) is 5.54. The van der Waals surface area contributed by atoms with Crippen molar-refractivity contribution in [2.45, 2.75) is 0 Å². The summed E-state index contributed by atoms with van der Waals surface area (Å²) in [6, 6.07) is 9.93. The topological polar surface area (TPSA) is 67.1 Å². The van der Waals surface area contributed by atoms with Crippen molar-refractivity contribution in [1.82, 2.24) is 0 Å². The van der Waals surface area contributed by atoms with Crippen LogP contribution in [-0.4, -0.2) is 5.91 Å². The molecule has 0 aliphatic carbocycles. The van der Waals surface area contributed by atoms with Gasteiger partial charge in [0, 0.05) is 15.2 Å². The van der Waals surface area contributed by atoms with Crippen LogP contribution in [0.2, 0.25) is 10.0 Å². The van der Waals surface area contributed by atoms with E-state index < -0.39 is 0 Å². The fourth-order valence-electron chi connectivity index (χ4n) is 1.60. The molecular formula is C13H10BrCl2N3O. The van der Waals surface area contributed by atoms with Crippen LogP contribution in [0.5, 0.6) is 0 Å². The Morgan fingerprint density at radius 1 is 1.15 bits per heavy atom. The Morgan fingerprint density at radius 3 is 2.55 bits per heavy atom. The van der Waals surface area contributed by atoms with Crippen LogP contribution in [-0.2, 0) is 0 Å². The van der Waals surface area contributed by atoms with Gasteiger partial charge in [0.15, 0.2) is 0 Å². The third-order valence-electron chi connectivity index (χ3n) is 2.56. The van der Waals surface area contributed by atoms with E-state index in [1.165, 1.54) is 6.07 Å². The maximum atomic E-state index is 12.2. The Bertz CT molecular complexity index is 664. The van der Waals surface area contributed by atoms with Crippen LogP contribution in [0.4, 0.5) is 11.4 Å². The van der Waals surface area contributed by atoms with E-state index in [0.29, 0.717) is 27.0 Å². The maximum absolute atomic E-state index is 12.2. The number of carbonyl (C=O) groups is 1. The minimum absolute atomic E-state index is 0.334. The summed E-state index contributed by atoms with van der Waals surface area (Å²) in [4.78, 5) is 12.2. The highest BCUT2D eigenvalue weighted by Crippen LogP contribution is 2.26. The van der Waals surface area contributed by atoms with E-state index in [4.69, 9.17) is 29.0 Å². The van der Waals surface area contributed by atoms with E-state index in [-0.39, 0.29) is 5.91 Å². The van der Waals surface area contributed by atoms with Crippen molar-refractivity contribution in [3.63, 3.8) is 0 Å². The van der Waals surface area contributed by atoms with E-state index in [9.17, 15) is 4.79 Å². The fourth-order valence-corrected chi connectivity index (χ4v) is 2.20. The number of nitrogens with one attached hydrogen (secondary N) is 2. The van der Waals surface area contributed by atoms with Crippen molar-refractivity contribution >= 4 is 56.4 Å². The lowest BCUT2D eigenvalue weighted by Gasteiger charge is -2.10. The highest BCUT2D eigenvalue weighted by atomic mass is 79.9. The second-order valence-electron chi connectivity index (χ2n) is 3.92. The summed E-state index contributed by atoms with van der Waals surface area (Å²) in [5.74, 6) is 5.04. The second-order valence-corrected chi connectivity index (χ2v) is 5.62.